The highest BCUT2D eigenvalue weighted by Crippen LogP contribution is 2.27. The van der Waals surface area contributed by atoms with Crippen LogP contribution >= 0.6 is 0 Å². The molecule has 0 radical (unpaired) electrons. The molecule has 1 atom stereocenters. The molecule has 1 amide bonds. The maximum Gasteiger partial charge on any atom is 0.433 e. The van der Waals surface area contributed by atoms with Gasteiger partial charge in [0.2, 0.25) is 5.91 Å². The van der Waals surface area contributed by atoms with Gasteiger partial charge in [0.15, 0.2) is 0 Å². The zero-order valence-corrected chi connectivity index (χ0v) is 12.2. The van der Waals surface area contributed by atoms with Gasteiger partial charge in [0, 0.05) is 45.8 Å². The second-order valence-electron chi connectivity index (χ2n) is 5.40. The Morgan fingerprint density at radius 3 is 2.64 bits per heavy atom. The minimum Gasteiger partial charge on any atom is -0.390 e. The molecule has 1 aromatic heterocycles. The number of nitrogens with zero attached hydrogens (tertiary/aromatic N) is 3. The lowest BCUT2D eigenvalue weighted by atomic mass is 10.2. The van der Waals surface area contributed by atoms with E-state index in [2.05, 4.69) is 4.98 Å². The molecule has 2 rings (SSSR count). The summed E-state index contributed by atoms with van der Waals surface area (Å²) in [5.41, 5.74) is -0.286. The van der Waals surface area contributed by atoms with E-state index in [4.69, 9.17) is 0 Å². The van der Waals surface area contributed by atoms with Crippen LogP contribution in [-0.4, -0.2) is 58.1 Å². The number of β-amino-alcohol motifs (C(OH)–C–C–N with tert-alkyl or cyclic N) is 1. The number of carbonyl (C=O) groups is 1. The molecule has 2 heterocycles. The van der Waals surface area contributed by atoms with Crippen LogP contribution < -0.4 is 0 Å². The molecule has 122 valence electrons. The number of hydrogen-bond acceptors (Lipinski definition) is 4. The summed E-state index contributed by atoms with van der Waals surface area (Å²) in [6.07, 6.45) is -3.92. The van der Waals surface area contributed by atoms with Gasteiger partial charge in [-0.1, -0.05) is 6.07 Å². The monoisotopic (exact) mass is 317 g/mol. The number of halogens is 3. The predicted molar refractivity (Wildman–Crippen MR) is 72.8 cm³/mol. The summed E-state index contributed by atoms with van der Waals surface area (Å²) in [5.74, 6) is -0.0999. The number of rotatable bonds is 2. The van der Waals surface area contributed by atoms with Crippen molar-refractivity contribution in [2.75, 3.05) is 26.2 Å². The van der Waals surface area contributed by atoms with E-state index in [0.29, 0.717) is 31.7 Å². The maximum absolute atomic E-state index is 12.5. The number of aliphatic hydroxyl groups is 1. The van der Waals surface area contributed by atoms with Gasteiger partial charge in [-0.2, -0.15) is 13.2 Å². The Balaban J connectivity index is 1.99. The summed E-state index contributed by atoms with van der Waals surface area (Å²) in [5, 5.41) is 9.91. The third kappa shape index (κ3) is 4.41. The van der Waals surface area contributed by atoms with Crippen molar-refractivity contribution in [1.82, 2.24) is 14.8 Å². The summed E-state index contributed by atoms with van der Waals surface area (Å²) in [6.45, 7) is 3.51. The van der Waals surface area contributed by atoms with E-state index in [9.17, 15) is 23.1 Å². The lowest BCUT2D eigenvalue weighted by molar-refractivity contribution is -0.141. The van der Waals surface area contributed by atoms with E-state index in [1.165, 1.54) is 19.2 Å². The van der Waals surface area contributed by atoms with Gasteiger partial charge < -0.3 is 10.0 Å². The van der Waals surface area contributed by atoms with Gasteiger partial charge >= 0.3 is 6.18 Å². The average Bonchev–Trinajstić information content (AvgIpc) is 2.60. The van der Waals surface area contributed by atoms with Crippen LogP contribution in [0.15, 0.2) is 18.3 Å². The van der Waals surface area contributed by atoms with Gasteiger partial charge in [-0.15, -0.1) is 0 Å². The number of alkyl halides is 3. The average molecular weight is 317 g/mol. The first-order valence-electron chi connectivity index (χ1n) is 6.94. The molecule has 0 spiro atoms. The highest BCUT2D eigenvalue weighted by Gasteiger charge is 2.32. The third-order valence-electron chi connectivity index (χ3n) is 3.55. The Hall–Kier alpha value is -1.67. The first kappa shape index (κ1) is 16.7. The largest absolute Gasteiger partial charge is 0.433 e. The first-order chi connectivity index (χ1) is 10.3. The summed E-state index contributed by atoms with van der Waals surface area (Å²) in [4.78, 5) is 18.3. The van der Waals surface area contributed by atoms with Crippen LogP contribution in [0.5, 0.6) is 0 Å². The molecular formula is C14H18F3N3O2. The molecule has 22 heavy (non-hydrogen) atoms. The molecule has 8 heteroatoms. The number of carbonyl (C=O) groups excluding carboxylic acids is 1. The topological polar surface area (TPSA) is 56.7 Å². The second-order valence-corrected chi connectivity index (χ2v) is 5.40. The fourth-order valence-corrected chi connectivity index (χ4v) is 2.43. The van der Waals surface area contributed by atoms with E-state index in [1.807, 2.05) is 4.90 Å². The van der Waals surface area contributed by atoms with Crippen molar-refractivity contribution in [2.45, 2.75) is 25.7 Å². The number of amides is 1. The van der Waals surface area contributed by atoms with E-state index >= 15 is 0 Å². The standard InChI is InChI=1S/C14H18F3N3O2/c1-10(21)20-5-4-19(8-12(22)9-20)7-11-2-3-13(18-6-11)14(15,16)17/h2-3,6,12,22H,4-5,7-9H2,1H3. The van der Waals surface area contributed by atoms with Crippen molar-refractivity contribution in [3.05, 3.63) is 29.6 Å². The Bertz CT molecular complexity index is 519. The van der Waals surface area contributed by atoms with Gasteiger partial charge in [-0.3, -0.25) is 14.7 Å². The highest BCUT2D eigenvalue weighted by molar-refractivity contribution is 5.73. The molecule has 0 aliphatic carbocycles. The van der Waals surface area contributed by atoms with Gasteiger partial charge in [-0.25, -0.2) is 0 Å². The summed E-state index contributed by atoms with van der Waals surface area (Å²) < 4.78 is 37.4. The first-order valence-corrected chi connectivity index (χ1v) is 6.94. The molecule has 0 saturated carbocycles. The van der Waals surface area contributed by atoms with Crippen molar-refractivity contribution in [3.8, 4) is 0 Å². The fraction of sp³-hybridized carbons (Fsp3) is 0.571. The van der Waals surface area contributed by atoms with E-state index in [-0.39, 0.29) is 12.5 Å². The van der Waals surface area contributed by atoms with Crippen molar-refractivity contribution in [1.29, 1.82) is 0 Å². The van der Waals surface area contributed by atoms with Gasteiger partial charge in [0.1, 0.15) is 5.69 Å². The Morgan fingerprint density at radius 1 is 1.36 bits per heavy atom. The summed E-state index contributed by atoms with van der Waals surface area (Å²) >= 11 is 0. The van der Waals surface area contributed by atoms with Crippen LogP contribution in [0, 0.1) is 0 Å². The molecular weight excluding hydrogens is 299 g/mol. The minimum absolute atomic E-state index is 0.0999. The molecule has 1 aliphatic heterocycles. The Kier molecular flexibility index (Phi) is 5.02. The minimum atomic E-state index is -4.45. The molecule has 0 aromatic carbocycles. The lowest BCUT2D eigenvalue weighted by Crippen LogP contribution is -2.36. The number of pyridine rings is 1. The van der Waals surface area contributed by atoms with E-state index < -0.39 is 18.0 Å². The molecule has 1 N–H and O–H groups in total. The molecule has 1 fully saturated rings. The molecule has 0 bridgehead atoms. The van der Waals surface area contributed by atoms with Crippen molar-refractivity contribution < 1.29 is 23.1 Å². The van der Waals surface area contributed by atoms with Crippen LogP contribution in [0.25, 0.3) is 0 Å². The van der Waals surface area contributed by atoms with Crippen molar-refractivity contribution in [2.24, 2.45) is 0 Å². The van der Waals surface area contributed by atoms with Crippen LogP contribution in [-0.2, 0) is 17.5 Å². The van der Waals surface area contributed by atoms with Crippen molar-refractivity contribution in [3.63, 3.8) is 0 Å². The predicted octanol–water partition coefficient (Wildman–Crippen LogP) is 1.13. The maximum atomic E-state index is 12.5. The molecule has 5 nitrogen and oxygen atoms in total. The lowest BCUT2D eigenvalue weighted by Gasteiger charge is -2.21. The molecule has 1 saturated heterocycles. The zero-order valence-electron chi connectivity index (χ0n) is 12.2. The highest BCUT2D eigenvalue weighted by atomic mass is 19.4. The van der Waals surface area contributed by atoms with Gasteiger partial charge in [-0.05, 0) is 11.6 Å². The molecule has 1 unspecified atom stereocenters. The number of aliphatic hydroxyl groups excluding tert-OH is 1. The summed E-state index contributed by atoms with van der Waals surface area (Å²) in [6, 6.07) is 2.33. The Labute approximate surface area is 126 Å². The molecule has 1 aliphatic rings. The number of aromatic nitrogens is 1. The second kappa shape index (κ2) is 6.62. The van der Waals surface area contributed by atoms with Gasteiger partial charge in [0.05, 0.1) is 6.10 Å². The smallest absolute Gasteiger partial charge is 0.390 e. The number of hydrogen-bond donors (Lipinski definition) is 1. The zero-order chi connectivity index (χ0) is 16.3. The summed E-state index contributed by atoms with van der Waals surface area (Å²) in [7, 11) is 0. The van der Waals surface area contributed by atoms with E-state index in [1.54, 1.807) is 4.90 Å². The quantitative estimate of drug-likeness (QED) is 0.888. The van der Waals surface area contributed by atoms with E-state index in [0.717, 1.165) is 6.07 Å². The molecule has 1 aromatic rings. The third-order valence-corrected chi connectivity index (χ3v) is 3.55. The van der Waals surface area contributed by atoms with Gasteiger partial charge in [0.25, 0.3) is 0 Å². The van der Waals surface area contributed by atoms with Crippen LogP contribution in [0.1, 0.15) is 18.2 Å². The SMILES string of the molecule is CC(=O)N1CCN(Cc2ccc(C(F)(F)F)nc2)CC(O)C1. The Morgan fingerprint density at radius 2 is 2.09 bits per heavy atom. The fourth-order valence-electron chi connectivity index (χ4n) is 2.43. The van der Waals surface area contributed by atoms with Crippen LogP contribution in [0.3, 0.4) is 0 Å². The normalized spacial score (nSPS) is 20.8. The van der Waals surface area contributed by atoms with Crippen LogP contribution in [0.4, 0.5) is 13.2 Å². The van der Waals surface area contributed by atoms with Crippen molar-refractivity contribution >= 4 is 5.91 Å². The van der Waals surface area contributed by atoms with Crippen LogP contribution in [0.2, 0.25) is 0 Å².